The summed E-state index contributed by atoms with van der Waals surface area (Å²) >= 11 is 1.23. The number of aryl methyl sites for hydroxylation is 2. The second kappa shape index (κ2) is 9.40. The average molecular weight is 452 g/mol. The summed E-state index contributed by atoms with van der Waals surface area (Å²) in [5, 5.41) is 2.38. The third-order valence-corrected chi connectivity index (χ3v) is 6.18. The highest BCUT2D eigenvalue weighted by molar-refractivity contribution is 8.15. The Morgan fingerprint density at radius 1 is 1.19 bits per heavy atom. The normalized spacial score (nSPS) is 17.2. The van der Waals surface area contributed by atoms with E-state index >= 15 is 0 Å². The molecule has 4 rings (SSSR count). The summed E-state index contributed by atoms with van der Waals surface area (Å²) in [6, 6.07) is 15.4. The molecule has 8 heteroatoms. The second-order valence-electron chi connectivity index (χ2n) is 7.53. The van der Waals surface area contributed by atoms with Crippen molar-refractivity contribution in [1.82, 2.24) is 4.90 Å². The molecule has 1 aromatic heterocycles. The van der Waals surface area contributed by atoms with Crippen molar-refractivity contribution in [2.45, 2.75) is 32.1 Å². The fourth-order valence-corrected chi connectivity index (χ4v) is 4.55. The van der Waals surface area contributed by atoms with Crippen molar-refractivity contribution >= 4 is 40.1 Å². The van der Waals surface area contributed by atoms with Gasteiger partial charge < -0.3 is 9.73 Å². The van der Waals surface area contributed by atoms with Gasteiger partial charge in [0, 0.05) is 6.42 Å². The molecule has 0 spiro atoms. The summed E-state index contributed by atoms with van der Waals surface area (Å²) in [5.74, 6) is -0.586. The van der Waals surface area contributed by atoms with Gasteiger partial charge in [0.25, 0.3) is 0 Å². The first kappa shape index (κ1) is 21.8. The van der Waals surface area contributed by atoms with Gasteiger partial charge in [-0.25, -0.2) is 9.38 Å². The Kier molecular flexibility index (Phi) is 6.41. The van der Waals surface area contributed by atoms with Crippen molar-refractivity contribution < 1.29 is 18.4 Å². The number of amides is 2. The number of benzene rings is 2. The van der Waals surface area contributed by atoms with Crippen molar-refractivity contribution in [1.29, 1.82) is 0 Å². The summed E-state index contributed by atoms with van der Waals surface area (Å²) in [4.78, 5) is 31.9. The van der Waals surface area contributed by atoms with Gasteiger partial charge in [-0.15, -0.1) is 0 Å². The van der Waals surface area contributed by atoms with Gasteiger partial charge in [-0.2, -0.15) is 0 Å². The SMILES string of the molecule is Cc1ccc(N=C2SC(CC(=O)Nc3ccccc3F)C(=O)N2Cc2ccco2)c(C)c1. The molecule has 2 heterocycles. The van der Waals surface area contributed by atoms with Crippen LogP contribution >= 0.6 is 11.8 Å². The number of aliphatic imine (C=N–C) groups is 1. The Morgan fingerprint density at radius 2 is 2.00 bits per heavy atom. The molecule has 164 valence electrons. The number of nitrogens with zero attached hydrogens (tertiary/aromatic N) is 2. The van der Waals surface area contributed by atoms with E-state index in [4.69, 9.17) is 9.41 Å². The molecule has 3 aromatic rings. The van der Waals surface area contributed by atoms with Gasteiger partial charge in [0.1, 0.15) is 16.8 Å². The maximum atomic E-state index is 13.9. The average Bonchev–Trinajstić information content (AvgIpc) is 3.36. The van der Waals surface area contributed by atoms with Crippen molar-refractivity contribution in [2.24, 2.45) is 4.99 Å². The molecule has 0 radical (unpaired) electrons. The van der Waals surface area contributed by atoms with Crippen molar-refractivity contribution in [3.63, 3.8) is 0 Å². The van der Waals surface area contributed by atoms with E-state index in [1.54, 1.807) is 30.5 Å². The van der Waals surface area contributed by atoms with Crippen LogP contribution in [0.4, 0.5) is 15.8 Å². The Morgan fingerprint density at radius 3 is 2.72 bits per heavy atom. The van der Waals surface area contributed by atoms with Crippen LogP contribution in [0.2, 0.25) is 0 Å². The quantitative estimate of drug-likeness (QED) is 0.559. The molecule has 1 N–H and O–H groups in total. The molecule has 0 saturated carbocycles. The Bertz CT molecular complexity index is 1180. The van der Waals surface area contributed by atoms with E-state index in [2.05, 4.69) is 5.32 Å². The summed E-state index contributed by atoms with van der Waals surface area (Å²) in [7, 11) is 0. The van der Waals surface area contributed by atoms with Crippen molar-refractivity contribution in [3.05, 3.63) is 83.6 Å². The molecule has 1 aliphatic heterocycles. The predicted octanol–water partition coefficient (Wildman–Crippen LogP) is 5.20. The molecule has 0 bridgehead atoms. The number of amidine groups is 1. The van der Waals surface area contributed by atoms with Crippen molar-refractivity contribution in [3.8, 4) is 0 Å². The highest BCUT2D eigenvalue weighted by atomic mass is 32.2. The fourth-order valence-electron chi connectivity index (χ4n) is 3.40. The van der Waals surface area contributed by atoms with Crippen LogP contribution in [0, 0.1) is 19.7 Å². The van der Waals surface area contributed by atoms with Crippen molar-refractivity contribution in [2.75, 3.05) is 5.32 Å². The topological polar surface area (TPSA) is 74.9 Å². The molecule has 1 aliphatic rings. The molecule has 1 saturated heterocycles. The summed E-state index contributed by atoms with van der Waals surface area (Å²) in [6.07, 6.45) is 1.45. The third kappa shape index (κ3) is 4.91. The summed E-state index contributed by atoms with van der Waals surface area (Å²) in [5.41, 5.74) is 2.96. The van der Waals surface area contributed by atoms with Gasteiger partial charge in [-0.3, -0.25) is 14.5 Å². The molecule has 32 heavy (non-hydrogen) atoms. The smallest absolute Gasteiger partial charge is 0.243 e. The lowest BCUT2D eigenvalue weighted by molar-refractivity contribution is -0.128. The largest absolute Gasteiger partial charge is 0.467 e. The zero-order chi connectivity index (χ0) is 22.7. The Balaban J connectivity index is 1.56. The first-order valence-electron chi connectivity index (χ1n) is 10.1. The maximum Gasteiger partial charge on any atom is 0.243 e. The molecule has 0 aliphatic carbocycles. The zero-order valence-corrected chi connectivity index (χ0v) is 18.5. The van der Waals surface area contributed by atoms with E-state index in [0.717, 1.165) is 16.8 Å². The van der Waals surface area contributed by atoms with E-state index in [1.807, 2.05) is 32.0 Å². The lowest BCUT2D eigenvalue weighted by atomic mass is 10.1. The lowest BCUT2D eigenvalue weighted by Gasteiger charge is -2.15. The van der Waals surface area contributed by atoms with Gasteiger partial charge in [0.2, 0.25) is 11.8 Å². The van der Waals surface area contributed by atoms with Crippen LogP contribution in [-0.2, 0) is 16.1 Å². The maximum absolute atomic E-state index is 13.9. The number of thioether (sulfide) groups is 1. The van der Waals surface area contributed by atoms with E-state index in [-0.39, 0.29) is 24.6 Å². The first-order chi connectivity index (χ1) is 15.4. The van der Waals surface area contributed by atoms with E-state index in [0.29, 0.717) is 10.9 Å². The standard InChI is InChI=1S/C24H22FN3O3S/c1-15-9-10-19(16(2)12-15)27-24-28(14-17-6-5-11-31-17)23(30)21(32-24)13-22(29)26-20-8-4-3-7-18(20)25/h3-12,21H,13-14H2,1-2H3,(H,26,29). The number of rotatable bonds is 6. The first-order valence-corrected chi connectivity index (χ1v) is 11.0. The number of halogens is 1. The number of nitrogens with one attached hydrogen (secondary N) is 1. The molecular weight excluding hydrogens is 429 g/mol. The molecule has 1 fully saturated rings. The lowest BCUT2D eigenvalue weighted by Crippen LogP contribution is -2.33. The Hall–Kier alpha value is -3.39. The van der Waals surface area contributed by atoms with Crippen LogP contribution in [0.1, 0.15) is 23.3 Å². The van der Waals surface area contributed by atoms with Crippen LogP contribution in [-0.4, -0.2) is 27.1 Å². The minimum absolute atomic E-state index is 0.0876. The minimum Gasteiger partial charge on any atom is -0.467 e. The van der Waals surface area contributed by atoms with Gasteiger partial charge in [-0.05, 0) is 49.7 Å². The number of anilines is 1. The van der Waals surface area contributed by atoms with Crippen LogP contribution < -0.4 is 5.32 Å². The summed E-state index contributed by atoms with van der Waals surface area (Å²) < 4.78 is 19.3. The van der Waals surface area contributed by atoms with E-state index < -0.39 is 17.0 Å². The monoisotopic (exact) mass is 451 g/mol. The van der Waals surface area contributed by atoms with Crippen LogP contribution in [0.5, 0.6) is 0 Å². The van der Waals surface area contributed by atoms with Gasteiger partial charge in [0.05, 0.1) is 24.2 Å². The molecule has 2 aromatic carbocycles. The highest BCUT2D eigenvalue weighted by Gasteiger charge is 2.39. The molecule has 2 amide bonds. The second-order valence-corrected chi connectivity index (χ2v) is 8.70. The van der Waals surface area contributed by atoms with Crippen LogP contribution in [0.15, 0.2) is 70.3 Å². The third-order valence-electron chi connectivity index (χ3n) is 5.00. The number of carbonyl (C=O) groups is 2. The molecule has 1 atom stereocenters. The van der Waals surface area contributed by atoms with Gasteiger partial charge in [-0.1, -0.05) is 41.6 Å². The van der Waals surface area contributed by atoms with Crippen LogP contribution in [0.3, 0.4) is 0 Å². The van der Waals surface area contributed by atoms with E-state index in [1.165, 1.54) is 28.8 Å². The zero-order valence-electron chi connectivity index (χ0n) is 17.7. The number of hydrogen-bond donors (Lipinski definition) is 1. The molecule has 6 nitrogen and oxygen atoms in total. The van der Waals surface area contributed by atoms with Crippen LogP contribution in [0.25, 0.3) is 0 Å². The number of furan rings is 1. The number of para-hydroxylation sites is 1. The summed E-state index contributed by atoms with van der Waals surface area (Å²) in [6.45, 7) is 4.18. The highest BCUT2D eigenvalue weighted by Crippen LogP contribution is 2.34. The Labute approximate surface area is 189 Å². The molecule has 1 unspecified atom stereocenters. The minimum atomic E-state index is -0.666. The predicted molar refractivity (Wildman–Crippen MR) is 123 cm³/mol. The van der Waals surface area contributed by atoms with E-state index in [9.17, 15) is 14.0 Å². The number of hydrogen-bond acceptors (Lipinski definition) is 5. The van der Waals surface area contributed by atoms with Gasteiger partial charge >= 0.3 is 0 Å². The fraction of sp³-hybridized carbons (Fsp3) is 0.208. The molecular formula is C24H22FN3O3S. The van der Waals surface area contributed by atoms with Gasteiger partial charge in [0.15, 0.2) is 5.17 Å². The number of carbonyl (C=O) groups excluding carboxylic acids is 2.